The molecule has 0 saturated carbocycles. The van der Waals surface area contributed by atoms with E-state index in [1.165, 1.54) is 0 Å². The van der Waals surface area contributed by atoms with Gasteiger partial charge in [0, 0.05) is 18.8 Å². The predicted octanol–water partition coefficient (Wildman–Crippen LogP) is 2.41. The van der Waals surface area contributed by atoms with Gasteiger partial charge in [0.05, 0.1) is 5.88 Å². The largest absolute Gasteiger partial charge is 0.367 e. The van der Waals surface area contributed by atoms with Crippen LogP contribution < -0.4 is 0 Å². The lowest BCUT2D eigenvalue weighted by molar-refractivity contribution is 0.426. The standard InChI is InChI=1S/C9H14ClN/c1-4-6-11(7-5-2)9(3)8-10/h4-5H,1-3,6-8H2. The molecule has 0 amide bonds. The Balaban J connectivity index is 3.95. The predicted molar refractivity (Wildman–Crippen MR) is 51.8 cm³/mol. The molecule has 62 valence electrons. The molecule has 0 heterocycles. The highest BCUT2D eigenvalue weighted by molar-refractivity contribution is 6.19. The summed E-state index contributed by atoms with van der Waals surface area (Å²) in [5.41, 5.74) is 0.909. The second kappa shape index (κ2) is 6.05. The number of hydrogen-bond donors (Lipinski definition) is 0. The first-order valence-corrected chi connectivity index (χ1v) is 4.00. The minimum absolute atomic E-state index is 0.460. The molecule has 0 fully saturated rings. The van der Waals surface area contributed by atoms with Gasteiger partial charge < -0.3 is 4.90 Å². The number of nitrogens with zero attached hydrogens (tertiary/aromatic N) is 1. The Labute approximate surface area is 73.7 Å². The molecule has 0 saturated heterocycles. The molecule has 0 aromatic carbocycles. The van der Waals surface area contributed by atoms with Crippen molar-refractivity contribution in [3.05, 3.63) is 37.6 Å². The first kappa shape index (κ1) is 10.3. The van der Waals surface area contributed by atoms with Gasteiger partial charge in [-0.05, 0) is 0 Å². The maximum Gasteiger partial charge on any atom is 0.0618 e. The summed E-state index contributed by atoms with van der Waals surface area (Å²) in [5.74, 6) is 0.460. The van der Waals surface area contributed by atoms with Crippen LogP contribution in [0.4, 0.5) is 0 Å². The Bertz CT molecular complexity index is 142. The van der Waals surface area contributed by atoms with Gasteiger partial charge in [0.15, 0.2) is 0 Å². The van der Waals surface area contributed by atoms with E-state index in [4.69, 9.17) is 11.6 Å². The average Bonchev–Trinajstić information content (AvgIpc) is 2.03. The molecule has 0 aromatic heterocycles. The zero-order valence-corrected chi connectivity index (χ0v) is 7.48. The minimum atomic E-state index is 0.460. The van der Waals surface area contributed by atoms with E-state index in [2.05, 4.69) is 19.7 Å². The van der Waals surface area contributed by atoms with Crippen LogP contribution in [0.3, 0.4) is 0 Å². The Kier molecular flexibility index (Phi) is 5.67. The second-order valence-corrected chi connectivity index (χ2v) is 2.45. The summed E-state index contributed by atoms with van der Waals surface area (Å²) in [6.07, 6.45) is 3.64. The van der Waals surface area contributed by atoms with Crippen LogP contribution in [0.5, 0.6) is 0 Å². The van der Waals surface area contributed by atoms with Crippen molar-refractivity contribution in [3.63, 3.8) is 0 Å². The number of halogens is 1. The van der Waals surface area contributed by atoms with Crippen LogP contribution in [0.25, 0.3) is 0 Å². The molecule has 0 aliphatic heterocycles. The first-order chi connectivity index (χ1) is 5.26. The molecule has 0 aromatic rings. The van der Waals surface area contributed by atoms with E-state index in [0.717, 1.165) is 18.8 Å². The van der Waals surface area contributed by atoms with Crippen molar-refractivity contribution >= 4 is 11.6 Å². The van der Waals surface area contributed by atoms with E-state index in [1.807, 2.05) is 17.1 Å². The van der Waals surface area contributed by atoms with Crippen LogP contribution >= 0.6 is 11.6 Å². The van der Waals surface area contributed by atoms with E-state index >= 15 is 0 Å². The molecule has 0 aliphatic rings. The Morgan fingerprint density at radius 3 is 2.00 bits per heavy atom. The van der Waals surface area contributed by atoms with Gasteiger partial charge in [0.25, 0.3) is 0 Å². The van der Waals surface area contributed by atoms with Crippen molar-refractivity contribution in [1.82, 2.24) is 4.90 Å². The highest BCUT2D eigenvalue weighted by atomic mass is 35.5. The number of allylic oxidation sites excluding steroid dienone is 1. The van der Waals surface area contributed by atoms with Crippen LogP contribution in [0, 0.1) is 0 Å². The molecule has 0 N–H and O–H groups in total. The van der Waals surface area contributed by atoms with Gasteiger partial charge in [0.1, 0.15) is 0 Å². The van der Waals surface area contributed by atoms with Crippen molar-refractivity contribution < 1.29 is 0 Å². The lowest BCUT2D eigenvalue weighted by atomic mass is 10.4. The summed E-state index contributed by atoms with van der Waals surface area (Å²) in [7, 11) is 0. The van der Waals surface area contributed by atoms with Gasteiger partial charge >= 0.3 is 0 Å². The van der Waals surface area contributed by atoms with Crippen molar-refractivity contribution in [2.24, 2.45) is 0 Å². The fourth-order valence-electron chi connectivity index (χ4n) is 0.729. The van der Waals surface area contributed by atoms with Gasteiger partial charge in [-0.15, -0.1) is 24.8 Å². The molecule has 0 atom stereocenters. The summed E-state index contributed by atoms with van der Waals surface area (Å²) < 4.78 is 0. The zero-order valence-electron chi connectivity index (χ0n) is 6.72. The summed E-state index contributed by atoms with van der Waals surface area (Å²) >= 11 is 5.61. The van der Waals surface area contributed by atoms with Crippen LogP contribution in [0.15, 0.2) is 37.6 Å². The summed E-state index contributed by atoms with van der Waals surface area (Å²) in [5, 5.41) is 0. The molecule has 11 heavy (non-hydrogen) atoms. The van der Waals surface area contributed by atoms with Crippen LogP contribution in [0.2, 0.25) is 0 Å². The smallest absolute Gasteiger partial charge is 0.0618 e. The van der Waals surface area contributed by atoms with Crippen molar-refractivity contribution in [3.8, 4) is 0 Å². The van der Waals surface area contributed by atoms with Crippen molar-refractivity contribution in [2.75, 3.05) is 19.0 Å². The van der Waals surface area contributed by atoms with Crippen molar-refractivity contribution in [1.29, 1.82) is 0 Å². The van der Waals surface area contributed by atoms with E-state index in [9.17, 15) is 0 Å². The Hall–Kier alpha value is -0.690. The van der Waals surface area contributed by atoms with Crippen molar-refractivity contribution in [2.45, 2.75) is 0 Å². The van der Waals surface area contributed by atoms with E-state index < -0.39 is 0 Å². The normalized spacial score (nSPS) is 8.82. The van der Waals surface area contributed by atoms with Gasteiger partial charge in [-0.25, -0.2) is 0 Å². The van der Waals surface area contributed by atoms with E-state index in [1.54, 1.807) is 0 Å². The molecule has 1 nitrogen and oxygen atoms in total. The summed E-state index contributed by atoms with van der Waals surface area (Å²) in [6.45, 7) is 12.6. The highest BCUT2D eigenvalue weighted by Crippen LogP contribution is 2.03. The quantitative estimate of drug-likeness (QED) is 0.438. The zero-order chi connectivity index (χ0) is 8.69. The minimum Gasteiger partial charge on any atom is -0.367 e. The summed E-state index contributed by atoms with van der Waals surface area (Å²) in [6, 6.07) is 0. The molecule has 0 unspecified atom stereocenters. The molecule has 2 heteroatoms. The van der Waals surface area contributed by atoms with Gasteiger partial charge in [0.2, 0.25) is 0 Å². The SMILES string of the molecule is C=CCN(CC=C)C(=C)CCl. The number of hydrogen-bond acceptors (Lipinski definition) is 1. The third kappa shape index (κ3) is 3.89. The molecule has 0 radical (unpaired) electrons. The fourth-order valence-corrected chi connectivity index (χ4v) is 0.898. The van der Waals surface area contributed by atoms with E-state index in [-0.39, 0.29) is 0 Å². The third-order valence-corrected chi connectivity index (χ3v) is 1.61. The average molecular weight is 172 g/mol. The lowest BCUT2D eigenvalue weighted by Crippen LogP contribution is -2.23. The van der Waals surface area contributed by atoms with E-state index in [0.29, 0.717) is 5.88 Å². The van der Waals surface area contributed by atoms with Gasteiger partial charge in [-0.1, -0.05) is 18.7 Å². The molecule has 0 aliphatic carbocycles. The molecular formula is C9H14ClN. The Morgan fingerprint density at radius 2 is 1.73 bits per heavy atom. The molecular weight excluding hydrogens is 158 g/mol. The third-order valence-electron chi connectivity index (χ3n) is 1.30. The topological polar surface area (TPSA) is 3.24 Å². The monoisotopic (exact) mass is 171 g/mol. The Morgan fingerprint density at radius 1 is 1.27 bits per heavy atom. The summed E-state index contributed by atoms with van der Waals surface area (Å²) in [4.78, 5) is 2.02. The van der Waals surface area contributed by atoms with Crippen LogP contribution in [-0.2, 0) is 0 Å². The molecule has 0 rings (SSSR count). The number of rotatable bonds is 6. The highest BCUT2D eigenvalue weighted by Gasteiger charge is 2.00. The van der Waals surface area contributed by atoms with Gasteiger partial charge in [-0.3, -0.25) is 0 Å². The maximum atomic E-state index is 5.61. The fraction of sp³-hybridized carbons (Fsp3) is 0.333. The maximum absolute atomic E-state index is 5.61. The molecule has 0 spiro atoms. The van der Waals surface area contributed by atoms with Crippen LogP contribution in [0.1, 0.15) is 0 Å². The second-order valence-electron chi connectivity index (χ2n) is 2.18. The first-order valence-electron chi connectivity index (χ1n) is 3.46. The van der Waals surface area contributed by atoms with Crippen LogP contribution in [-0.4, -0.2) is 23.9 Å². The lowest BCUT2D eigenvalue weighted by Gasteiger charge is -2.21. The van der Waals surface area contributed by atoms with Gasteiger partial charge in [-0.2, -0.15) is 0 Å². The number of alkyl halides is 1. The molecule has 0 bridgehead atoms.